The van der Waals surface area contributed by atoms with Gasteiger partial charge in [0, 0.05) is 30.3 Å². The van der Waals surface area contributed by atoms with Gasteiger partial charge in [0.2, 0.25) is 0 Å². The van der Waals surface area contributed by atoms with Crippen LogP contribution in [0.15, 0.2) is 30.3 Å². The lowest BCUT2D eigenvalue weighted by molar-refractivity contribution is 0.150. The molecule has 18 heavy (non-hydrogen) atoms. The van der Waals surface area contributed by atoms with Gasteiger partial charge in [-0.05, 0) is 31.0 Å². The van der Waals surface area contributed by atoms with E-state index >= 15 is 0 Å². The summed E-state index contributed by atoms with van der Waals surface area (Å²) in [6, 6.07) is 10.9. The van der Waals surface area contributed by atoms with Crippen molar-refractivity contribution in [3.05, 3.63) is 41.6 Å². The average molecular weight is 242 g/mol. The molecular weight excluding hydrogens is 224 g/mol. The number of aryl methyl sites for hydroxylation is 1. The van der Waals surface area contributed by atoms with Crippen molar-refractivity contribution in [2.75, 3.05) is 19.8 Å². The average Bonchev–Trinajstić information content (AvgIpc) is 2.66. The molecule has 1 unspecified atom stereocenters. The van der Waals surface area contributed by atoms with Gasteiger partial charge in [0.15, 0.2) is 0 Å². The number of nitrogens with zero attached hydrogens (tertiary/aromatic N) is 1. The first-order valence-electron chi connectivity index (χ1n) is 6.52. The summed E-state index contributed by atoms with van der Waals surface area (Å²) < 4.78 is 5.51. The van der Waals surface area contributed by atoms with E-state index in [2.05, 4.69) is 41.5 Å². The van der Waals surface area contributed by atoms with Crippen molar-refractivity contribution in [1.29, 1.82) is 0 Å². The topological polar surface area (TPSA) is 34.1 Å². The molecule has 3 heteroatoms. The fraction of sp³-hybridized carbons (Fsp3) is 0.400. The zero-order valence-corrected chi connectivity index (χ0v) is 10.6. The highest BCUT2D eigenvalue weighted by molar-refractivity contribution is 5.82. The van der Waals surface area contributed by atoms with E-state index < -0.39 is 0 Å². The predicted molar refractivity (Wildman–Crippen MR) is 72.7 cm³/mol. The lowest BCUT2D eigenvalue weighted by atomic mass is 9.99. The maximum absolute atomic E-state index is 5.51. The van der Waals surface area contributed by atoms with Gasteiger partial charge in [-0.2, -0.15) is 0 Å². The highest BCUT2D eigenvalue weighted by atomic mass is 16.5. The molecule has 1 aromatic heterocycles. The smallest absolute Gasteiger partial charge is 0.0708 e. The zero-order chi connectivity index (χ0) is 12.4. The summed E-state index contributed by atoms with van der Waals surface area (Å²) in [4.78, 5) is 4.60. The molecule has 0 amide bonds. The summed E-state index contributed by atoms with van der Waals surface area (Å²) in [5.41, 5.74) is 3.51. The Balaban J connectivity index is 2.08. The van der Waals surface area contributed by atoms with E-state index in [9.17, 15) is 0 Å². The molecule has 0 bridgehead atoms. The maximum atomic E-state index is 5.51. The summed E-state index contributed by atoms with van der Waals surface area (Å²) in [5.74, 6) is 0. The molecule has 3 rings (SSSR count). The molecule has 0 radical (unpaired) electrons. The van der Waals surface area contributed by atoms with E-state index in [0.29, 0.717) is 6.04 Å². The van der Waals surface area contributed by atoms with E-state index in [1.807, 2.05) is 6.07 Å². The second-order valence-electron chi connectivity index (χ2n) is 4.78. The Hall–Kier alpha value is -1.45. The minimum absolute atomic E-state index is 0.374. The van der Waals surface area contributed by atoms with Gasteiger partial charge in [0.05, 0.1) is 12.1 Å². The van der Waals surface area contributed by atoms with Crippen molar-refractivity contribution in [2.45, 2.75) is 19.4 Å². The number of para-hydroxylation sites is 1. The fourth-order valence-electron chi connectivity index (χ4n) is 2.60. The van der Waals surface area contributed by atoms with Gasteiger partial charge in [-0.1, -0.05) is 18.2 Å². The van der Waals surface area contributed by atoms with Crippen molar-refractivity contribution >= 4 is 10.9 Å². The monoisotopic (exact) mass is 242 g/mol. The van der Waals surface area contributed by atoms with Crippen LogP contribution in [-0.4, -0.2) is 24.7 Å². The van der Waals surface area contributed by atoms with Crippen LogP contribution in [-0.2, 0) is 4.74 Å². The van der Waals surface area contributed by atoms with E-state index in [1.165, 1.54) is 10.9 Å². The first kappa shape index (κ1) is 11.6. The molecule has 1 saturated heterocycles. The number of hydrogen-bond acceptors (Lipinski definition) is 3. The van der Waals surface area contributed by atoms with Crippen LogP contribution in [0.3, 0.4) is 0 Å². The van der Waals surface area contributed by atoms with Crippen LogP contribution in [0.5, 0.6) is 0 Å². The molecule has 1 aromatic carbocycles. The van der Waals surface area contributed by atoms with E-state index in [-0.39, 0.29) is 0 Å². The number of benzene rings is 1. The minimum Gasteiger partial charge on any atom is -0.380 e. The molecule has 3 nitrogen and oxygen atoms in total. The number of nitrogens with one attached hydrogen (secondary N) is 1. The quantitative estimate of drug-likeness (QED) is 0.834. The Bertz CT molecular complexity index is 545. The number of rotatable bonds is 1. The SMILES string of the molecule is Cc1cc(C2CCOCCN2)c2ccccc2n1. The van der Waals surface area contributed by atoms with Crippen molar-refractivity contribution in [3.63, 3.8) is 0 Å². The molecule has 2 heterocycles. The summed E-state index contributed by atoms with van der Waals surface area (Å²) in [7, 11) is 0. The molecule has 1 atom stereocenters. The van der Waals surface area contributed by atoms with Gasteiger partial charge < -0.3 is 10.1 Å². The molecule has 1 aliphatic heterocycles. The Kier molecular flexibility index (Phi) is 3.26. The standard InChI is InChI=1S/C15H18N2O/c1-11-10-13(14-6-8-18-9-7-16-14)12-4-2-3-5-15(12)17-11/h2-5,10,14,16H,6-9H2,1H3. The van der Waals surface area contributed by atoms with Gasteiger partial charge in [-0.25, -0.2) is 0 Å². The van der Waals surface area contributed by atoms with Crippen LogP contribution in [0.2, 0.25) is 0 Å². The molecule has 1 N–H and O–H groups in total. The van der Waals surface area contributed by atoms with E-state index in [1.54, 1.807) is 0 Å². The molecular formula is C15H18N2O. The van der Waals surface area contributed by atoms with Crippen molar-refractivity contribution in [2.24, 2.45) is 0 Å². The third-order valence-electron chi connectivity index (χ3n) is 3.44. The molecule has 2 aromatic rings. The Morgan fingerprint density at radius 2 is 2.17 bits per heavy atom. The summed E-state index contributed by atoms with van der Waals surface area (Å²) in [5, 5.41) is 4.82. The highest BCUT2D eigenvalue weighted by Gasteiger charge is 2.16. The fourth-order valence-corrected chi connectivity index (χ4v) is 2.60. The van der Waals surface area contributed by atoms with Crippen molar-refractivity contribution < 1.29 is 4.74 Å². The summed E-state index contributed by atoms with van der Waals surface area (Å²) in [6.07, 6.45) is 1.02. The summed E-state index contributed by atoms with van der Waals surface area (Å²) >= 11 is 0. The normalized spacial score (nSPS) is 20.8. The minimum atomic E-state index is 0.374. The largest absolute Gasteiger partial charge is 0.380 e. The number of aromatic nitrogens is 1. The van der Waals surface area contributed by atoms with Gasteiger partial charge in [-0.3, -0.25) is 4.98 Å². The maximum Gasteiger partial charge on any atom is 0.0708 e. The second-order valence-corrected chi connectivity index (χ2v) is 4.78. The van der Waals surface area contributed by atoms with Crippen LogP contribution in [0.1, 0.15) is 23.7 Å². The van der Waals surface area contributed by atoms with Crippen LogP contribution < -0.4 is 5.32 Å². The molecule has 0 aliphatic carbocycles. The number of fused-ring (bicyclic) bond motifs is 1. The molecule has 1 fully saturated rings. The Morgan fingerprint density at radius 1 is 1.28 bits per heavy atom. The van der Waals surface area contributed by atoms with Crippen molar-refractivity contribution in [1.82, 2.24) is 10.3 Å². The second kappa shape index (κ2) is 5.04. The first-order chi connectivity index (χ1) is 8.84. The van der Waals surface area contributed by atoms with Crippen LogP contribution in [0.4, 0.5) is 0 Å². The lowest BCUT2D eigenvalue weighted by Crippen LogP contribution is -2.22. The van der Waals surface area contributed by atoms with Crippen molar-refractivity contribution in [3.8, 4) is 0 Å². The number of hydrogen-bond donors (Lipinski definition) is 1. The third kappa shape index (κ3) is 2.24. The first-order valence-corrected chi connectivity index (χ1v) is 6.52. The molecule has 0 saturated carbocycles. The van der Waals surface area contributed by atoms with E-state index in [0.717, 1.165) is 37.4 Å². The van der Waals surface area contributed by atoms with Crippen LogP contribution in [0, 0.1) is 6.92 Å². The highest BCUT2D eigenvalue weighted by Crippen LogP contribution is 2.26. The molecule has 94 valence electrons. The Labute approximate surface area is 107 Å². The Morgan fingerprint density at radius 3 is 3.11 bits per heavy atom. The molecule has 1 aliphatic rings. The number of ether oxygens (including phenoxy) is 1. The van der Waals surface area contributed by atoms with E-state index in [4.69, 9.17) is 4.74 Å². The van der Waals surface area contributed by atoms with Crippen LogP contribution >= 0.6 is 0 Å². The lowest BCUT2D eigenvalue weighted by Gasteiger charge is -2.18. The third-order valence-corrected chi connectivity index (χ3v) is 3.44. The van der Waals surface area contributed by atoms with Gasteiger partial charge in [-0.15, -0.1) is 0 Å². The van der Waals surface area contributed by atoms with Gasteiger partial charge >= 0.3 is 0 Å². The number of pyridine rings is 1. The zero-order valence-electron chi connectivity index (χ0n) is 10.6. The molecule has 0 spiro atoms. The summed E-state index contributed by atoms with van der Waals surface area (Å²) in [6.45, 7) is 4.61. The van der Waals surface area contributed by atoms with Crippen LogP contribution in [0.25, 0.3) is 10.9 Å². The van der Waals surface area contributed by atoms with Gasteiger partial charge in [0.1, 0.15) is 0 Å². The van der Waals surface area contributed by atoms with Gasteiger partial charge in [0.25, 0.3) is 0 Å². The predicted octanol–water partition coefficient (Wildman–Crippen LogP) is 2.59.